The van der Waals surface area contributed by atoms with Gasteiger partial charge in [-0.05, 0) is 43.0 Å². The van der Waals surface area contributed by atoms with Crippen molar-refractivity contribution in [3.8, 4) is 0 Å². The quantitative estimate of drug-likeness (QED) is 0.442. The summed E-state index contributed by atoms with van der Waals surface area (Å²) in [5.74, 6) is -2.17. The number of para-hydroxylation sites is 1. The molecule has 0 spiro atoms. The Morgan fingerprint density at radius 2 is 1.73 bits per heavy atom. The molecule has 1 aliphatic rings. The SMILES string of the molecule is O=C(NC1CCC1)C(=O)c1c(C(F)(F)F)n(Cc2ccc(Cl)cc2)c2ccccc12. The van der Waals surface area contributed by atoms with Gasteiger partial charge in [0, 0.05) is 28.5 Å². The van der Waals surface area contributed by atoms with Crippen molar-refractivity contribution < 1.29 is 22.8 Å². The van der Waals surface area contributed by atoms with Gasteiger partial charge in [0.05, 0.1) is 5.56 Å². The number of rotatable bonds is 5. The van der Waals surface area contributed by atoms with Crippen LogP contribution in [0.5, 0.6) is 0 Å². The van der Waals surface area contributed by atoms with Gasteiger partial charge in [-0.2, -0.15) is 13.2 Å². The minimum Gasteiger partial charge on any atom is -0.346 e. The maximum absolute atomic E-state index is 14.2. The van der Waals surface area contributed by atoms with Gasteiger partial charge in [-0.25, -0.2) is 0 Å². The lowest BCUT2D eigenvalue weighted by molar-refractivity contribution is -0.143. The molecule has 30 heavy (non-hydrogen) atoms. The second-order valence-electron chi connectivity index (χ2n) is 7.38. The molecule has 1 fully saturated rings. The van der Waals surface area contributed by atoms with Crippen LogP contribution < -0.4 is 5.32 Å². The van der Waals surface area contributed by atoms with E-state index in [2.05, 4.69) is 5.32 Å². The summed E-state index contributed by atoms with van der Waals surface area (Å²) in [7, 11) is 0. The fourth-order valence-corrected chi connectivity index (χ4v) is 3.81. The summed E-state index contributed by atoms with van der Waals surface area (Å²) >= 11 is 5.88. The molecule has 1 saturated carbocycles. The first-order valence-electron chi connectivity index (χ1n) is 9.54. The molecular formula is C22H18ClF3N2O2. The van der Waals surface area contributed by atoms with Crippen molar-refractivity contribution in [3.05, 3.63) is 70.4 Å². The van der Waals surface area contributed by atoms with Crippen LogP contribution in [0.25, 0.3) is 10.9 Å². The first kappa shape index (κ1) is 20.5. The summed E-state index contributed by atoms with van der Waals surface area (Å²) in [6, 6.07) is 12.4. The maximum atomic E-state index is 14.2. The van der Waals surface area contributed by atoms with Crippen molar-refractivity contribution >= 4 is 34.2 Å². The molecule has 1 amide bonds. The van der Waals surface area contributed by atoms with Gasteiger partial charge in [0.2, 0.25) is 0 Å². The Balaban J connectivity index is 1.85. The molecule has 0 aliphatic heterocycles. The van der Waals surface area contributed by atoms with Gasteiger partial charge in [-0.15, -0.1) is 0 Å². The predicted octanol–water partition coefficient (Wildman–Crippen LogP) is 5.21. The topological polar surface area (TPSA) is 51.1 Å². The normalized spacial score (nSPS) is 14.5. The molecule has 8 heteroatoms. The Kier molecular flexibility index (Phi) is 5.32. The zero-order valence-corrected chi connectivity index (χ0v) is 16.6. The third kappa shape index (κ3) is 3.81. The smallest absolute Gasteiger partial charge is 0.346 e. The van der Waals surface area contributed by atoms with Crippen molar-refractivity contribution in [2.24, 2.45) is 0 Å². The number of carbonyl (C=O) groups excluding carboxylic acids is 2. The number of halogens is 4. The largest absolute Gasteiger partial charge is 0.432 e. The fraction of sp³-hybridized carbons (Fsp3) is 0.273. The Bertz CT molecular complexity index is 1120. The molecule has 156 valence electrons. The summed E-state index contributed by atoms with van der Waals surface area (Å²) in [5, 5.41) is 3.12. The predicted molar refractivity (Wildman–Crippen MR) is 108 cm³/mol. The molecule has 0 radical (unpaired) electrons. The van der Waals surface area contributed by atoms with Crippen molar-refractivity contribution in [3.63, 3.8) is 0 Å². The Morgan fingerprint density at radius 1 is 1.07 bits per heavy atom. The highest BCUT2D eigenvalue weighted by Gasteiger charge is 2.42. The third-order valence-electron chi connectivity index (χ3n) is 5.37. The van der Waals surface area contributed by atoms with Crippen molar-refractivity contribution in [1.29, 1.82) is 0 Å². The highest BCUT2D eigenvalue weighted by molar-refractivity contribution is 6.45. The minimum atomic E-state index is -4.83. The summed E-state index contributed by atoms with van der Waals surface area (Å²) in [6.07, 6.45) is -2.45. The lowest BCUT2D eigenvalue weighted by Gasteiger charge is -2.26. The fourth-order valence-electron chi connectivity index (χ4n) is 3.68. The van der Waals surface area contributed by atoms with E-state index in [0.29, 0.717) is 10.6 Å². The summed E-state index contributed by atoms with van der Waals surface area (Å²) in [5.41, 5.74) is -0.903. The van der Waals surface area contributed by atoms with Crippen LogP contribution in [0.2, 0.25) is 5.02 Å². The molecule has 0 atom stereocenters. The van der Waals surface area contributed by atoms with E-state index in [1.54, 1.807) is 36.4 Å². The molecule has 4 rings (SSSR count). The number of aromatic nitrogens is 1. The Morgan fingerprint density at radius 3 is 2.33 bits per heavy atom. The average Bonchev–Trinajstić information content (AvgIpc) is 3.00. The van der Waals surface area contributed by atoms with Gasteiger partial charge in [0.1, 0.15) is 5.69 Å². The molecule has 4 nitrogen and oxygen atoms in total. The number of fused-ring (bicyclic) bond motifs is 1. The summed E-state index contributed by atoms with van der Waals surface area (Å²) < 4.78 is 43.5. The van der Waals surface area contributed by atoms with Gasteiger partial charge in [-0.3, -0.25) is 9.59 Å². The lowest BCUT2D eigenvalue weighted by atomic mass is 9.93. The molecule has 2 aromatic carbocycles. The molecule has 0 saturated heterocycles. The number of Topliss-reactive ketones (excluding diaryl/α,β-unsaturated/α-hetero) is 1. The van der Waals surface area contributed by atoms with E-state index in [0.717, 1.165) is 23.8 Å². The number of benzene rings is 2. The van der Waals surface area contributed by atoms with Crippen LogP contribution in [0.4, 0.5) is 13.2 Å². The molecule has 0 unspecified atom stereocenters. The van der Waals surface area contributed by atoms with Crippen LogP contribution in [-0.4, -0.2) is 22.3 Å². The molecule has 1 N–H and O–H groups in total. The van der Waals surface area contributed by atoms with E-state index < -0.39 is 29.1 Å². The number of alkyl halides is 3. The second kappa shape index (κ2) is 7.80. The molecule has 3 aromatic rings. The Hall–Kier alpha value is -2.80. The molecular weight excluding hydrogens is 417 g/mol. The number of ketones is 1. The zero-order chi connectivity index (χ0) is 21.5. The van der Waals surface area contributed by atoms with E-state index in [-0.39, 0.29) is 23.5 Å². The number of hydrogen-bond acceptors (Lipinski definition) is 2. The second-order valence-corrected chi connectivity index (χ2v) is 7.82. The first-order chi connectivity index (χ1) is 14.3. The number of amides is 1. The van der Waals surface area contributed by atoms with Crippen molar-refractivity contribution in [2.75, 3.05) is 0 Å². The molecule has 1 heterocycles. The van der Waals surface area contributed by atoms with E-state index in [9.17, 15) is 22.8 Å². The van der Waals surface area contributed by atoms with Gasteiger partial charge in [0.15, 0.2) is 0 Å². The van der Waals surface area contributed by atoms with E-state index in [4.69, 9.17) is 11.6 Å². The first-order valence-corrected chi connectivity index (χ1v) is 9.91. The average molecular weight is 435 g/mol. The monoisotopic (exact) mass is 434 g/mol. The number of nitrogens with zero attached hydrogens (tertiary/aromatic N) is 1. The van der Waals surface area contributed by atoms with E-state index in [1.807, 2.05) is 0 Å². The van der Waals surface area contributed by atoms with Gasteiger partial charge < -0.3 is 9.88 Å². The van der Waals surface area contributed by atoms with Crippen LogP contribution in [-0.2, 0) is 17.5 Å². The summed E-state index contributed by atoms with van der Waals surface area (Å²) in [6.45, 7) is -0.121. The van der Waals surface area contributed by atoms with Gasteiger partial charge in [0.25, 0.3) is 11.7 Å². The van der Waals surface area contributed by atoms with Crippen molar-refractivity contribution in [2.45, 2.75) is 38.0 Å². The van der Waals surface area contributed by atoms with Gasteiger partial charge >= 0.3 is 6.18 Å². The van der Waals surface area contributed by atoms with Crippen molar-refractivity contribution in [1.82, 2.24) is 9.88 Å². The highest BCUT2D eigenvalue weighted by atomic mass is 35.5. The van der Waals surface area contributed by atoms with Gasteiger partial charge in [-0.1, -0.05) is 41.9 Å². The molecule has 1 aliphatic carbocycles. The van der Waals surface area contributed by atoms with E-state index >= 15 is 0 Å². The van der Waals surface area contributed by atoms with Crippen LogP contribution >= 0.6 is 11.6 Å². The van der Waals surface area contributed by atoms with Crippen LogP contribution in [0, 0.1) is 0 Å². The minimum absolute atomic E-state index is 0.104. The molecule has 0 bridgehead atoms. The Labute approximate surface area is 175 Å². The zero-order valence-electron chi connectivity index (χ0n) is 15.8. The number of hydrogen-bond donors (Lipinski definition) is 1. The highest BCUT2D eigenvalue weighted by Crippen LogP contribution is 2.39. The number of carbonyl (C=O) groups is 2. The standard InChI is InChI=1S/C22H18ClF3N2O2/c23-14-10-8-13(9-11-14)12-28-17-7-2-1-6-16(17)18(20(28)22(24,25)26)19(29)21(30)27-15-4-3-5-15/h1-2,6-11,15H,3-5,12H2,(H,27,30). The number of nitrogens with one attached hydrogen (secondary N) is 1. The third-order valence-corrected chi connectivity index (χ3v) is 5.62. The summed E-state index contributed by atoms with van der Waals surface area (Å²) in [4.78, 5) is 25.3. The molecule has 1 aromatic heterocycles. The van der Waals surface area contributed by atoms with Crippen LogP contribution in [0.1, 0.15) is 40.9 Å². The van der Waals surface area contributed by atoms with Crippen LogP contribution in [0.3, 0.4) is 0 Å². The van der Waals surface area contributed by atoms with Crippen LogP contribution in [0.15, 0.2) is 48.5 Å². The maximum Gasteiger partial charge on any atom is 0.432 e. The lowest BCUT2D eigenvalue weighted by Crippen LogP contribution is -2.43. The van der Waals surface area contributed by atoms with E-state index in [1.165, 1.54) is 12.1 Å².